The van der Waals surface area contributed by atoms with Crippen molar-refractivity contribution in [1.29, 1.82) is 0 Å². The molecule has 134 valence electrons. The molecule has 8 heteroatoms. The first-order valence-electron chi connectivity index (χ1n) is 7.89. The summed E-state index contributed by atoms with van der Waals surface area (Å²) >= 11 is 0. The van der Waals surface area contributed by atoms with E-state index in [4.69, 9.17) is 0 Å². The lowest BCUT2D eigenvalue weighted by atomic mass is 9.96. The molecule has 0 aliphatic carbocycles. The number of nitrogens with zero attached hydrogens (tertiary/aromatic N) is 1. The molecule has 0 saturated carbocycles. The van der Waals surface area contributed by atoms with Gasteiger partial charge in [0.05, 0.1) is 9.82 Å². The first-order valence-corrected chi connectivity index (χ1v) is 9.38. The number of hydrogen-bond donors (Lipinski definition) is 2. The van der Waals surface area contributed by atoms with E-state index in [2.05, 4.69) is 17.0 Å². The zero-order chi connectivity index (χ0) is 18.4. The molecule has 2 rings (SSSR count). The maximum atomic E-state index is 11.8. The summed E-state index contributed by atoms with van der Waals surface area (Å²) in [5.74, 6) is 0.196. The molecule has 0 amide bonds. The monoisotopic (exact) mass is 363 g/mol. The van der Waals surface area contributed by atoms with Crippen molar-refractivity contribution in [2.24, 2.45) is 0 Å². The van der Waals surface area contributed by atoms with E-state index in [0.717, 1.165) is 18.1 Å². The largest absolute Gasteiger partial charge is 0.379 e. The van der Waals surface area contributed by atoms with Crippen LogP contribution >= 0.6 is 0 Å². The van der Waals surface area contributed by atoms with Crippen LogP contribution in [0, 0.1) is 10.1 Å². The number of nitro groups is 1. The number of anilines is 1. The smallest absolute Gasteiger partial charge is 0.293 e. The molecule has 0 heterocycles. The van der Waals surface area contributed by atoms with Crippen molar-refractivity contribution in [1.82, 2.24) is 4.72 Å². The van der Waals surface area contributed by atoms with Gasteiger partial charge in [-0.1, -0.05) is 37.3 Å². The van der Waals surface area contributed by atoms with Gasteiger partial charge in [0.1, 0.15) is 5.69 Å². The Bertz CT molecular complexity index is 838. The topological polar surface area (TPSA) is 101 Å². The fraction of sp³-hybridized carbons (Fsp3) is 0.294. The van der Waals surface area contributed by atoms with E-state index in [9.17, 15) is 18.5 Å². The average molecular weight is 363 g/mol. The Morgan fingerprint density at radius 1 is 1.16 bits per heavy atom. The summed E-state index contributed by atoms with van der Waals surface area (Å²) in [4.78, 5) is 10.6. The van der Waals surface area contributed by atoms with Gasteiger partial charge in [-0.3, -0.25) is 10.1 Å². The van der Waals surface area contributed by atoms with E-state index in [-0.39, 0.29) is 16.5 Å². The number of nitrogens with one attached hydrogen (secondary N) is 2. The molecule has 0 saturated heterocycles. The van der Waals surface area contributed by atoms with Crippen molar-refractivity contribution in [3.63, 3.8) is 0 Å². The highest BCUT2D eigenvalue weighted by Crippen LogP contribution is 2.29. The van der Waals surface area contributed by atoms with Gasteiger partial charge in [-0.2, -0.15) is 0 Å². The van der Waals surface area contributed by atoms with Crippen LogP contribution in [0.25, 0.3) is 0 Å². The quantitative estimate of drug-likeness (QED) is 0.554. The van der Waals surface area contributed by atoms with Crippen LogP contribution in [-0.4, -0.2) is 26.9 Å². The lowest BCUT2D eigenvalue weighted by Gasteiger charge is -2.17. The molecule has 0 aromatic heterocycles. The van der Waals surface area contributed by atoms with Crippen molar-refractivity contribution in [2.75, 3.05) is 18.9 Å². The highest BCUT2D eigenvalue weighted by atomic mass is 32.2. The minimum atomic E-state index is -3.73. The number of rotatable bonds is 8. The molecule has 0 aliphatic heterocycles. The van der Waals surface area contributed by atoms with Gasteiger partial charge in [-0.15, -0.1) is 0 Å². The highest BCUT2D eigenvalue weighted by Gasteiger charge is 2.21. The van der Waals surface area contributed by atoms with Gasteiger partial charge >= 0.3 is 0 Å². The molecular weight excluding hydrogens is 342 g/mol. The number of hydrogen-bond acceptors (Lipinski definition) is 5. The maximum Gasteiger partial charge on any atom is 0.293 e. The van der Waals surface area contributed by atoms with E-state index in [0.29, 0.717) is 12.2 Å². The van der Waals surface area contributed by atoms with Crippen LogP contribution < -0.4 is 10.0 Å². The number of sulfonamides is 1. The molecule has 1 atom stereocenters. The van der Waals surface area contributed by atoms with Crippen LogP contribution in [0.1, 0.15) is 24.8 Å². The summed E-state index contributed by atoms with van der Waals surface area (Å²) in [5, 5.41) is 14.4. The van der Waals surface area contributed by atoms with Gasteiger partial charge in [0.15, 0.2) is 0 Å². The first-order chi connectivity index (χ1) is 11.9. The SMILES string of the molecule is CC[C@H](CNc1ccc(S(=O)(=O)NC)cc1[N+](=O)[O-])c1ccccc1. The third-order valence-corrected chi connectivity index (χ3v) is 5.46. The zero-order valence-electron chi connectivity index (χ0n) is 14.1. The van der Waals surface area contributed by atoms with E-state index >= 15 is 0 Å². The zero-order valence-corrected chi connectivity index (χ0v) is 14.9. The van der Waals surface area contributed by atoms with Crippen LogP contribution in [0.5, 0.6) is 0 Å². The fourth-order valence-corrected chi connectivity index (χ4v) is 3.30. The second-order valence-electron chi connectivity index (χ2n) is 5.54. The molecular formula is C17H21N3O4S. The lowest BCUT2D eigenvalue weighted by molar-refractivity contribution is -0.384. The Balaban J connectivity index is 2.25. The summed E-state index contributed by atoms with van der Waals surface area (Å²) in [6.45, 7) is 2.57. The van der Waals surface area contributed by atoms with E-state index in [1.54, 1.807) is 0 Å². The summed E-state index contributed by atoms with van der Waals surface area (Å²) in [6, 6.07) is 13.7. The van der Waals surface area contributed by atoms with Crippen molar-refractivity contribution in [2.45, 2.75) is 24.2 Å². The molecule has 0 radical (unpaired) electrons. The van der Waals surface area contributed by atoms with E-state index in [1.807, 2.05) is 30.3 Å². The van der Waals surface area contributed by atoms with Crippen LogP contribution in [0.4, 0.5) is 11.4 Å². The predicted molar refractivity (Wildman–Crippen MR) is 97.3 cm³/mol. The molecule has 0 bridgehead atoms. The minimum Gasteiger partial charge on any atom is -0.379 e. The van der Waals surface area contributed by atoms with E-state index in [1.165, 1.54) is 19.2 Å². The lowest BCUT2D eigenvalue weighted by Crippen LogP contribution is -2.19. The van der Waals surface area contributed by atoms with Gasteiger partial charge in [-0.25, -0.2) is 13.1 Å². The fourth-order valence-electron chi connectivity index (χ4n) is 2.55. The molecule has 0 spiro atoms. The van der Waals surface area contributed by atoms with Crippen LogP contribution in [-0.2, 0) is 10.0 Å². The molecule has 7 nitrogen and oxygen atoms in total. The molecule has 2 aromatic carbocycles. The first kappa shape index (κ1) is 18.9. The predicted octanol–water partition coefficient (Wildman–Crippen LogP) is 3.11. The van der Waals surface area contributed by atoms with Gasteiger partial charge in [0.25, 0.3) is 5.69 Å². The molecule has 2 N–H and O–H groups in total. The summed E-state index contributed by atoms with van der Waals surface area (Å²) < 4.78 is 25.8. The van der Waals surface area contributed by atoms with E-state index < -0.39 is 14.9 Å². The Labute approximate surface area is 147 Å². The van der Waals surface area contributed by atoms with Crippen molar-refractivity contribution in [3.8, 4) is 0 Å². The Morgan fingerprint density at radius 3 is 2.40 bits per heavy atom. The maximum absolute atomic E-state index is 11.8. The van der Waals surface area contributed by atoms with Gasteiger partial charge in [-0.05, 0) is 31.2 Å². The normalized spacial score (nSPS) is 12.6. The van der Waals surface area contributed by atoms with Gasteiger partial charge in [0, 0.05) is 18.5 Å². The molecule has 0 aliphatic rings. The Morgan fingerprint density at radius 2 is 1.84 bits per heavy atom. The molecule has 25 heavy (non-hydrogen) atoms. The minimum absolute atomic E-state index is 0.137. The number of nitro benzene ring substituents is 1. The third-order valence-electron chi connectivity index (χ3n) is 4.05. The summed E-state index contributed by atoms with van der Waals surface area (Å²) in [7, 11) is -2.47. The summed E-state index contributed by atoms with van der Waals surface area (Å²) in [5.41, 5.74) is 1.18. The second-order valence-corrected chi connectivity index (χ2v) is 7.43. The highest BCUT2D eigenvalue weighted by molar-refractivity contribution is 7.89. The Kier molecular flexibility index (Phi) is 6.11. The average Bonchev–Trinajstić information content (AvgIpc) is 2.63. The molecule has 0 fully saturated rings. The standard InChI is InChI=1S/C17H21N3O4S/c1-3-13(14-7-5-4-6-8-14)12-19-16-10-9-15(25(23,24)18-2)11-17(16)20(21)22/h4-11,13,18-19H,3,12H2,1-2H3/t13-/m1/s1. The summed E-state index contributed by atoms with van der Waals surface area (Å²) in [6.07, 6.45) is 0.872. The Hall–Kier alpha value is -2.45. The molecule has 2 aromatic rings. The van der Waals surface area contributed by atoms with Crippen LogP contribution in [0.15, 0.2) is 53.4 Å². The third kappa shape index (κ3) is 4.55. The van der Waals surface area contributed by atoms with Gasteiger partial charge in [0.2, 0.25) is 10.0 Å². The van der Waals surface area contributed by atoms with Crippen LogP contribution in [0.3, 0.4) is 0 Å². The molecule has 0 unspecified atom stereocenters. The van der Waals surface area contributed by atoms with Crippen molar-refractivity contribution < 1.29 is 13.3 Å². The second kappa shape index (κ2) is 8.09. The van der Waals surface area contributed by atoms with Crippen molar-refractivity contribution in [3.05, 3.63) is 64.2 Å². The van der Waals surface area contributed by atoms with Crippen LogP contribution in [0.2, 0.25) is 0 Å². The van der Waals surface area contributed by atoms with Gasteiger partial charge < -0.3 is 5.32 Å². The van der Waals surface area contributed by atoms with Crippen molar-refractivity contribution >= 4 is 21.4 Å². The number of benzene rings is 2.